The number of nitrogens with one attached hydrogen (secondary N) is 2. The molecule has 2 aromatic heterocycles. The molecular weight excluding hydrogens is 375 g/mol. The lowest BCUT2D eigenvalue weighted by Gasteiger charge is -2.14. The van der Waals surface area contributed by atoms with Gasteiger partial charge in [0.05, 0.1) is 22.8 Å². The lowest BCUT2D eigenvalue weighted by atomic mass is 10.1. The number of rotatable bonds is 6. The number of nitrogens with zero attached hydrogens (tertiary/aromatic N) is 4. The number of hydrogen-bond donors (Lipinski definition) is 3. The molecule has 0 aliphatic heterocycles. The Morgan fingerprint density at radius 3 is 2.68 bits per heavy atom. The SMILES string of the molecule is Cc1nn(C2CC2(C)C(N)=O)cc1Nc1ncc(C(F)(F)F)c(NC2CC2)n1. The van der Waals surface area contributed by atoms with Gasteiger partial charge in [0.2, 0.25) is 11.9 Å². The van der Waals surface area contributed by atoms with Gasteiger partial charge in [0.15, 0.2) is 0 Å². The van der Waals surface area contributed by atoms with Gasteiger partial charge in [-0.05, 0) is 33.1 Å². The summed E-state index contributed by atoms with van der Waals surface area (Å²) in [5, 5.41) is 10.1. The zero-order valence-corrected chi connectivity index (χ0v) is 15.3. The van der Waals surface area contributed by atoms with Gasteiger partial charge >= 0.3 is 6.18 Å². The fourth-order valence-corrected chi connectivity index (χ4v) is 3.06. The molecule has 0 radical (unpaired) electrons. The van der Waals surface area contributed by atoms with Crippen LogP contribution < -0.4 is 16.4 Å². The molecule has 4 N–H and O–H groups in total. The highest BCUT2D eigenvalue weighted by atomic mass is 19.4. The number of nitrogens with two attached hydrogens (primary N) is 1. The van der Waals surface area contributed by atoms with Crippen molar-refractivity contribution in [3.8, 4) is 0 Å². The average Bonchev–Trinajstić information content (AvgIpc) is 3.49. The Balaban J connectivity index is 1.57. The quantitative estimate of drug-likeness (QED) is 0.694. The average molecular weight is 395 g/mol. The molecule has 2 aliphatic carbocycles. The fourth-order valence-electron chi connectivity index (χ4n) is 3.06. The molecule has 0 spiro atoms. The minimum absolute atomic E-state index is 0.00896. The van der Waals surface area contributed by atoms with E-state index in [0.29, 0.717) is 17.8 Å². The molecule has 150 valence electrons. The summed E-state index contributed by atoms with van der Waals surface area (Å²) in [6.07, 6.45) is 0.136. The summed E-state index contributed by atoms with van der Waals surface area (Å²) in [4.78, 5) is 19.4. The second-order valence-corrected chi connectivity index (χ2v) is 7.61. The van der Waals surface area contributed by atoms with Gasteiger partial charge in [0.25, 0.3) is 0 Å². The topological polar surface area (TPSA) is 111 Å². The minimum atomic E-state index is -4.54. The maximum atomic E-state index is 13.2. The number of aromatic nitrogens is 4. The van der Waals surface area contributed by atoms with E-state index in [9.17, 15) is 18.0 Å². The van der Waals surface area contributed by atoms with Gasteiger partial charge < -0.3 is 16.4 Å². The Morgan fingerprint density at radius 2 is 2.11 bits per heavy atom. The van der Waals surface area contributed by atoms with Crippen LogP contribution in [0, 0.1) is 12.3 Å². The summed E-state index contributed by atoms with van der Waals surface area (Å²) >= 11 is 0. The second-order valence-electron chi connectivity index (χ2n) is 7.61. The van der Waals surface area contributed by atoms with Crippen LogP contribution in [0.2, 0.25) is 0 Å². The third kappa shape index (κ3) is 3.36. The van der Waals surface area contributed by atoms with Gasteiger partial charge in [0.1, 0.15) is 11.4 Å². The Morgan fingerprint density at radius 1 is 1.39 bits per heavy atom. The molecule has 2 saturated carbocycles. The molecule has 4 rings (SSSR count). The lowest BCUT2D eigenvalue weighted by Crippen LogP contribution is -2.24. The largest absolute Gasteiger partial charge is 0.421 e. The smallest absolute Gasteiger partial charge is 0.369 e. The lowest BCUT2D eigenvalue weighted by molar-refractivity contribution is -0.137. The van der Waals surface area contributed by atoms with Crippen molar-refractivity contribution in [3.63, 3.8) is 0 Å². The predicted octanol–water partition coefficient (Wildman–Crippen LogP) is 2.75. The maximum Gasteiger partial charge on any atom is 0.421 e. The van der Waals surface area contributed by atoms with Crippen molar-refractivity contribution in [2.24, 2.45) is 11.1 Å². The van der Waals surface area contributed by atoms with E-state index in [-0.39, 0.29) is 29.8 Å². The van der Waals surface area contributed by atoms with Crippen LogP contribution in [0.25, 0.3) is 0 Å². The first-order valence-corrected chi connectivity index (χ1v) is 8.91. The van der Waals surface area contributed by atoms with Crippen LogP contribution >= 0.6 is 0 Å². The molecule has 28 heavy (non-hydrogen) atoms. The van der Waals surface area contributed by atoms with Gasteiger partial charge in [-0.15, -0.1) is 0 Å². The van der Waals surface area contributed by atoms with Crippen LogP contribution in [-0.2, 0) is 11.0 Å². The monoisotopic (exact) mass is 395 g/mol. The Bertz CT molecular complexity index is 937. The van der Waals surface area contributed by atoms with Crippen molar-refractivity contribution >= 4 is 23.4 Å². The molecule has 2 unspecified atom stereocenters. The molecule has 2 atom stereocenters. The van der Waals surface area contributed by atoms with Crippen LogP contribution in [0.3, 0.4) is 0 Å². The Kier molecular flexibility index (Phi) is 4.02. The van der Waals surface area contributed by atoms with Crippen molar-refractivity contribution in [1.29, 1.82) is 0 Å². The highest BCUT2D eigenvalue weighted by molar-refractivity contribution is 5.84. The molecule has 0 bridgehead atoms. The predicted molar refractivity (Wildman–Crippen MR) is 94.9 cm³/mol. The van der Waals surface area contributed by atoms with E-state index in [1.54, 1.807) is 24.7 Å². The molecule has 2 aromatic rings. The zero-order chi connectivity index (χ0) is 20.3. The normalized spacial score (nSPS) is 24.1. The first-order valence-electron chi connectivity index (χ1n) is 8.91. The van der Waals surface area contributed by atoms with E-state index in [0.717, 1.165) is 19.0 Å². The van der Waals surface area contributed by atoms with Gasteiger partial charge in [-0.1, -0.05) is 0 Å². The van der Waals surface area contributed by atoms with Crippen molar-refractivity contribution in [2.75, 3.05) is 10.6 Å². The molecule has 8 nitrogen and oxygen atoms in total. The first-order chi connectivity index (χ1) is 13.1. The Hall–Kier alpha value is -2.85. The molecule has 2 fully saturated rings. The highest BCUT2D eigenvalue weighted by Crippen LogP contribution is 2.55. The molecule has 11 heteroatoms. The van der Waals surface area contributed by atoms with Crippen molar-refractivity contribution in [2.45, 2.75) is 51.4 Å². The van der Waals surface area contributed by atoms with Gasteiger partial charge in [-0.25, -0.2) is 4.98 Å². The highest BCUT2D eigenvalue weighted by Gasteiger charge is 2.57. The van der Waals surface area contributed by atoms with Gasteiger partial charge in [-0.3, -0.25) is 9.48 Å². The summed E-state index contributed by atoms with van der Waals surface area (Å²) in [6.45, 7) is 3.52. The summed E-state index contributed by atoms with van der Waals surface area (Å²) < 4.78 is 41.2. The van der Waals surface area contributed by atoms with Crippen LogP contribution in [0.1, 0.15) is 43.5 Å². The molecule has 0 saturated heterocycles. The molecule has 1 amide bonds. The van der Waals surface area contributed by atoms with Crippen LogP contribution in [0.5, 0.6) is 0 Å². The van der Waals surface area contributed by atoms with Crippen LogP contribution in [-0.4, -0.2) is 31.7 Å². The third-order valence-electron chi connectivity index (χ3n) is 5.25. The van der Waals surface area contributed by atoms with E-state index >= 15 is 0 Å². The zero-order valence-electron chi connectivity index (χ0n) is 15.3. The fraction of sp³-hybridized carbons (Fsp3) is 0.529. The summed E-state index contributed by atoms with van der Waals surface area (Å²) in [5.41, 5.74) is 5.05. The van der Waals surface area contributed by atoms with E-state index in [2.05, 4.69) is 25.7 Å². The number of amides is 1. The van der Waals surface area contributed by atoms with Crippen molar-refractivity contribution in [1.82, 2.24) is 19.7 Å². The summed E-state index contributed by atoms with van der Waals surface area (Å²) in [6, 6.07) is -0.130. The van der Waals surface area contributed by atoms with Gasteiger partial charge in [-0.2, -0.15) is 23.3 Å². The number of hydrogen-bond acceptors (Lipinski definition) is 6. The van der Waals surface area contributed by atoms with Crippen molar-refractivity contribution < 1.29 is 18.0 Å². The van der Waals surface area contributed by atoms with Gasteiger partial charge in [0, 0.05) is 18.4 Å². The first kappa shape index (κ1) is 18.5. The van der Waals surface area contributed by atoms with E-state index in [1.165, 1.54) is 0 Å². The molecular formula is C17H20F3N7O. The number of aryl methyl sites for hydroxylation is 1. The standard InChI is InChI=1S/C17H20F3N7O/c1-8-11(7-27(26-8)12-5-16(12,2)14(21)28)24-15-22-6-10(17(18,19)20)13(25-15)23-9-3-4-9/h6-7,9,12H,3-5H2,1-2H3,(H2,21,28)(H2,22,23,24,25). The molecule has 2 aliphatic rings. The van der Waals surface area contributed by atoms with E-state index in [1.807, 2.05) is 0 Å². The number of anilines is 3. The molecule has 2 heterocycles. The van der Waals surface area contributed by atoms with Crippen LogP contribution in [0.15, 0.2) is 12.4 Å². The number of carbonyl (C=O) groups excluding carboxylic acids is 1. The van der Waals surface area contributed by atoms with E-state index in [4.69, 9.17) is 5.73 Å². The number of halogens is 3. The number of alkyl halides is 3. The summed E-state index contributed by atoms with van der Waals surface area (Å²) in [7, 11) is 0. The Labute approximate surface area is 158 Å². The minimum Gasteiger partial charge on any atom is -0.369 e. The van der Waals surface area contributed by atoms with E-state index < -0.39 is 17.2 Å². The third-order valence-corrected chi connectivity index (χ3v) is 5.25. The second kappa shape index (κ2) is 6.08. The number of carbonyl (C=O) groups is 1. The number of primary amides is 1. The molecule has 0 aromatic carbocycles. The summed E-state index contributed by atoms with van der Waals surface area (Å²) in [5.74, 6) is -0.588. The van der Waals surface area contributed by atoms with Crippen molar-refractivity contribution in [3.05, 3.63) is 23.7 Å². The van der Waals surface area contributed by atoms with Crippen LogP contribution in [0.4, 0.5) is 30.6 Å². The maximum absolute atomic E-state index is 13.2.